The van der Waals surface area contributed by atoms with E-state index in [1.54, 1.807) is 23.1 Å². The lowest BCUT2D eigenvalue weighted by molar-refractivity contribution is -0.196. The summed E-state index contributed by atoms with van der Waals surface area (Å²) in [5.41, 5.74) is -1.04. The van der Waals surface area contributed by atoms with Crippen LogP contribution in [0, 0.1) is 17.5 Å². The van der Waals surface area contributed by atoms with Gasteiger partial charge in [0.15, 0.2) is 17.5 Å². The fraction of sp³-hybridized carbons (Fsp3) is 0.423. The molecule has 0 radical (unpaired) electrons. The Kier molecular flexibility index (Phi) is 9.95. The summed E-state index contributed by atoms with van der Waals surface area (Å²) in [5.74, 6) is -4.76. The van der Waals surface area contributed by atoms with Crippen molar-refractivity contribution < 1.29 is 42.4 Å². The number of carbonyl (C=O) groups excluding carboxylic acids is 1. The topological polar surface area (TPSA) is 119 Å². The number of amides is 1. The molecule has 1 aromatic heterocycles. The van der Waals surface area contributed by atoms with Gasteiger partial charge in [-0.15, -0.1) is 5.10 Å². The molecule has 2 aromatic carbocycles. The van der Waals surface area contributed by atoms with Crippen LogP contribution in [0.1, 0.15) is 6.04 Å². The number of aromatic nitrogens is 3. The molecular formula is C26H25Cl2F3N4O6S. The number of rotatable bonds is 8. The van der Waals surface area contributed by atoms with Gasteiger partial charge in [-0.25, -0.2) is 17.9 Å². The number of thioether (sulfide) groups is 1. The first-order valence-corrected chi connectivity index (χ1v) is 14.4. The van der Waals surface area contributed by atoms with Gasteiger partial charge in [-0.05, 0) is 30.3 Å². The molecule has 0 aliphatic carbocycles. The van der Waals surface area contributed by atoms with Crippen LogP contribution < -0.4 is 0 Å². The van der Waals surface area contributed by atoms with Crippen LogP contribution >= 0.6 is 35.0 Å². The Hall–Kier alpha value is -2.43. The van der Waals surface area contributed by atoms with Crippen molar-refractivity contribution in [3.8, 4) is 11.3 Å². The molecule has 2 saturated heterocycles. The summed E-state index contributed by atoms with van der Waals surface area (Å²) in [6.45, 7) is 0.599. The average Bonchev–Trinajstić information content (AvgIpc) is 3.47. The second-order valence-electron chi connectivity index (χ2n) is 9.51. The van der Waals surface area contributed by atoms with Gasteiger partial charge in [0.2, 0.25) is 5.91 Å². The van der Waals surface area contributed by atoms with E-state index in [0.29, 0.717) is 36.2 Å². The van der Waals surface area contributed by atoms with Crippen molar-refractivity contribution in [2.75, 3.05) is 39.5 Å². The highest BCUT2D eigenvalue weighted by Gasteiger charge is 2.48. The number of halogens is 5. The molecule has 0 unspecified atom stereocenters. The van der Waals surface area contributed by atoms with Gasteiger partial charge in [0.1, 0.15) is 42.1 Å². The van der Waals surface area contributed by atoms with E-state index in [-0.39, 0.29) is 28.8 Å². The molecule has 5 rings (SSSR count). The molecule has 2 aliphatic rings. The molecule has 3 heterocycles. The molecule has 42 heavy (non-hydrogen) atoms. The lowest BCUT2D eigenvalue weighted by Crippen LogP contribution is -2.56. The van der Waals surface area contributed by atoms with Crippen LogP contribution in [0.15, 0.2) is 41.4 Å². The fourth-order valence-electron chi connectivity index (χ4n) is 4.65. The minimum Gasteiger partial charge on any atom is -0.394 e. The molecule has 5 atom stereocenters. The Bertz CT molecular complexity index is 1410. The van der Waals surface area contributed by atoms with Crippen LogP contribution in [0.2, 0.25) is 10.0 Å². The van der Waals surface area contributed by atoms with Gasteiger partial charge in [0.25, 0.3) is 0 Å². The fourth-order valence-corrected chi connectivity index (χ4v) is 6.18. The van der Waals surface area contributed by atoms with E-state index in [9.17, 15) is 28.2 Å². The van der Waals surface area contributed by atoms with Crippen molar-refractivity contribution >= 4 is 40.9 Å². The minimum absolute atomic E-state index is 0.0242. The van der Waals surface area contributed by atoms with Gasteiger partial charge in [0.05, 0.1) is 36.1 Å². The monoisotopic (exact) mass is 648 g/mol. The van der Waals surface area contributed by atoms with Crippen molar-refractivity contribution in [2.24, 2.45) is 0 Å². The molecule has 2 aliphatic heterocycles. The van der Waals surface area contributed by atoms with Crippen molar-refractivity contribution in [1.82, 2.24) is 19.9 Å². The van der Waals surface area contributed by atoms with E-state index in [2.05, 4.69) is 10.3 Å². The predicted octanol–water partition coefficient (Wildman–Crippen LogP) is 3.32. The Balaban J connectivity index is 1.48. The molecule has 1 amide bonds. The summed E-state index contributed by atoms with van der Waals surface area (Å²) >= 11 is 13.4. The molecule has 16 heteroatoms. The van der Waals surface area contributed by atoms with Gasteiger partial charge >= 0.3 is 0 Å². The number of aliphatic hydroxyl groups is 2. The maximum Gasteiger partial charge on any atom is 0.248 e. The van der Waals surface area contributed by atoms with Crippen molar-refractivity contribution in [3.63, 3.8) is 0 Å². The standard InChI is InChI=1S/C26H25Cl2F3N4O6S/c27-15-2-1-14(9-16(15)28)42-26-25(40-12-21(37)34-3-5-39-6-4-34)23(24(38)20(11-36)41-26)35-10-19(32-33-35)13-7-17(29)22(31)18(30)8-13/h1-2,7-10,20,23-26,36,38H,3-6,11-12H2/t20-,23+,24+,25-,26-/m1/s1. The van der Waals surface area contributed by atoms with Crippen molar-refractivity contribution in [2.45, 2.75) is 34.7 Å². The van der Waals surface area contributed by atoms with E-state index in [4.69, 9.17) is 37.4 Å². The number of benzene rings is 2. The Morgan fingerprint density at radius 2 is 1.83 bits per heavy atom. The number of hydrogen-bond acceptors (Lipinski definition) is 9. The summed E-state index contributed by atoms with van der Waals surface area (Å²) in [6.07, 6.45) is -2.30. The van der Waals surface area contributed by atoms with Gasteiger partial charge in [-0.3, -0.25) is 4.79 Å². The lowest BCUT2D eigenvalue weighted by atomic mass is 9.97. The SMILES string of the molecule is O=C(CO[C@@H]1[C@@H](n2cc(-c3cc(F)c(F)c(F)c3)nn2)[C@@H](O)[C@@H](CO)O[C@@H]1Sc1ccc(Cl)c(Cl)c1)N1CCOCC1. The van der Waals surface area contributed by atoms with E-state index < -0.39 is 53.8 Å². The van der Waals surface area contributed by atoms with E-state index in [1.807, 2.05) is 0 Å². The average molecular weight is 649 g/mol. The zero-order valence-electron chi connectivity index (χ0n) is 21.7. The number of hydrogen-bond donors (Lipinski definition) is 2. The maximum absolute atomic E-state index is 13.9. The zero-order chi connectivity index (χ0) is 30.0. The predicted molar refractivity (Wildman–Crippen MR) is 146 cm³/mol. The normalized spacial score (nSPS) is 24.6. The summed E-state index contributed by atoms with van der Waals surface area (Å²) < 4.78 is 60.0. The molecule has 0 spiro atoms. The van der Waals surface area contributed by atoms with Gasteiger partial charge in [-0.2, -0.15) is 0 Å². The van der Waals surface area contributed by atoms with Crippen molar-refractivity contribution in [3.05, 3.63) is 64.0 Å². The minimum atomic E-state index is -1.63. The van der Waals surface area contributed by atoms with Crippen LogP contribution in [0.4, 0.5) is 13.2 Å². The molecule has 2 fully saturated rings. The van der Waals surface area contributed by atoms with Crippen LogP contribution in [0.3, 0.4) is 0 Å². The maximum atomic E-state index is 13.9. The summed E-state index contributed by atoms with van der Waals surface area (Å²) in [5, 5.41) is 29.9. The molecular weight excluding hydrogens is 624 g/mol. The van der Waals surface area contributed by atoms with Gasteiger partial charge in [0, 0.05) is 23.5 Å². The first-order chi connectivity index (χ1) is 20.2. The third-order valence-corrected chi connectivity index (χ3v) is 8.70. The molecule has 0 bridgehead atoms. The number of carbonyl (C=O) groups is 1. The summed E-state index contributed by atoms with van der Waals surface area (Å²) in [4.78, 5) is 15.1. The quantitative estimate of drug-likeness (QED) is 0.355. The van der Waals surface area contributed by atoms with E-state index in [0.717, 1.165) is 23.9 Å². The summed E-state index contributed by atoms with van der Waals surface area (Å²) in [7, 11) is 0. The highest BCUT2D eigenvalue weighted by atomic mass is 35.5. The zero-order valence-corrected chi connectivity index (χ0v) is 24.0. The second kappa shape index (κ2) is 13.5. The van der Waals surface area contributed by atoms with E-state index >= 15 is 0 Å². The third kappa shape index (κ3) is 6.70. The van der Waals surface area contributed by atoms with Gasteiger partial charge in [-0.1, -0.05) is 40.2 Å². The number of ether oxygens (including phenoxy) is 3. The van der Waals surface area contributed by atoms with Crippen LogP contribution in [0.5, 0.6) is 0 Å². The Morgan fingerprint density at radius 1 is 1.12 bits per heavy atom. The van der Waals surface area contributed by atoms with Crippen LogP contribution in [0.25, 0.3) is 11.3 Å². The number of aliphatic hydroxyl groups excluding tert-OH is 2. The van der Waals surface area contributed by atoms with Crippen molar-refractivity contribution in [1.29, 1.82) is 0 Å². The highest BCUT2D eigenvalue weighted by molar-refractivity contribution is 7.99. The summed E-state index contributed by atoms with van der Waals surface area (Å²) in [6, 6.07) is 5.33. The molecule has 226 valence electrons. The molecule has 0 saturated carbocycles. The lowest BCUT2D eigenvalue weighted by Gasteiger charge is -2.44. The third-order valence-electron chi connectivity index (χ3n) is 6.83. The van der Waals surface area contributed by atoms with Gasteiger partial charge < -0.3 is 29.3 Å². The first-order valence-electron chi connectivity index (χ1n) is 12.8. The Labute approximate surface area is 252 Å². The highest BCUT2D eigenvalue weighted by Crippen LogP contribution is 2.41. The largest absolute Gasteiger partial charge is 0.394 e. The molecule has 10 nitrogen and oxygen atoms in total. The first kappa shape index (κ1) is 31.0. The number of nitrogens with zero attached hydrogens (tertiary/aromatic N) is 4. The number of morpholine rings is 1. The van der Waals surface area contributed by atoms with Crippen LogP contribution in [-0.2, 0) is 19.0 Å². The van der Waals surface area contributed by atoms with E-state index in [1.165, 1.54) is 10.9 Å². The molecule has 2 N–H and O–H groups in total. The Morgan fingerprint density at radius 3 is 2.50 bits per heavy atom. The smallest absolute Gasteiger partial charge is 0.248 e. The molecule has 3 aromatic rings. The van der Waals surface area contributed by atoms with Crippen LogP contribution in [-0.4, -0.2) is 99.3 Å². The second-order valence-corrected chi connectivity index (χ2v) is 11.5.